The first-order valence-electron chi connectivity index (χ1n) is 9.26. The van der Waals surface area contributed by atoms with Crippen molar-refractivity contribution < 1.29 is 29.3 Å². The first kappa shape index (κ1) is 23.1. The highest BCUT2D eigenvalue weighted by Gasteiger charge is 2.42. The molecule has 27 heavy (non-hydrogen) atoms. The number of ether oxygens (including phenoxy) is 2. The maximum atomic E-state index is 12.7. The van der Waals surface area contributed by atoms with Gasteiger partial charge in [-0.25, -0.2) is 0 Å². The summed E-state index contributed by atoms with van der Waals surface area (Å²) in [6.45, 7) is 10.3. The van der Waals surface area contributed by atoms with E-state index in [1.807, 2.05) is 26.8 Å². The molecule has 0 aliphatic carbocycles. The highest BCUT2D eigenvalue weighted by molar-refractivity contribution is 6.03. The van der Waals surface area contributed by atoms with E-state index in [1.54, 1.807) is 6.08 Å². The van der Waals surface area contributed by atoms with Crippen LogP contribution in [-0.2, 0) is 19.1 Å². The van der Waals surface area contributed by atoms with Gasteiger partial charge in [-0.15, -0.1) is 0 Å². The molecule has 0 saturated heterocycles. The second-order valence-corrected chi connectivity index (χ2v) is 7.35. The van der Waals surface area contributed by atoms with Crippen molar-refractivity contribution in [3.8, 4) is 0 Å². The lowest BCUT2D eigenvalue weighted by Crippen LogP contribution is -2.48. The van der Waals surface area contributed by atoms with E-state index in [0.29, 0.717) is 18.6 Å². The zero-order valence-corrected chi connectivity index (χ0v) is 16.9. The molecule has 6 nitrogen and oxygen atoms in total. The highest BCUT2D eigenvalue weighted by atomic mass is 16.5. The molecular weight excluding hydrogens is 348 g/mol. The molecule has 0 bridgehead atoms. The molecule has 1 heterocycles. The molecule has 6 heteroatoms. The Kier molecular flexibility index (Phi) is 8.44. The minimum atomic E-state index is -2.12. The van der Waals surface area contributed by atoms with Gasteiger partial charge in [0.1, 0.15) is 12.0 Å². The summed E-state index contributed by atoms with van der Waals surface area (Å²) >= 11 is 0. The van der Waals surface area contributed by atoms with Gasteiger partial charge >= 0.3 is 5.97 Å². The molecule has 1 rings (SSSR count). The quantitative estimate of drug-likeness (QED) is 0.578. The highest BCUT2D eigenvalue weighted by Crippen LogP contribution is 2.27. The van der Waals surface area contributed by atoms with Gasteiger partial charge in [0.25, 0.3) is 0 Å². The van der Waals surface area contributed by atoms with Gasteiger partial charge in [-0.1, -0.05) is 32.1 Å². The zero-order valence-electron chi connectivity index (χ0n) is 16.9. The lowest BCUT2D eigenvalue weighted by atomic mass is 9.86. The van der Waals surface area contributed by atoms with E-state index in [2.05, 4.69) is 6.58 Å². The first-order valence-corrected chi connectivity index (χ1v) is 9.26. The Hall–Kier alpha value is -1.92. The van der Waals surface area contributed by atoms with Crippen LogP contribution in [0.15, 0.2) is 35.6 Å². The van der Waals surface area contributed by atoms with Crippen molar-refractivity contribution in [2.24, 2.45) is 11.8 Å². The van der Waals surface area contributed by atoms with Crippen LogP contribution in [0, 0.1) is 11.8 Å². The number of hydrogen-bond donors (Lipinski definition) is 2. The first-order chi connectivity index (χ1) is 12.6. The van der Waals surface area contributed by atoms with E-state index in [1.165, 1.54) is 14.0 Å². The van der Waals surface area contributed by atoms with Gasteiger partial charge in [0.15, 0.2) is 11.4 Å². The largest absolute Gasteiger partial charge is 0.501 e. The Morgan fingerprint density at radius 1 is 1.37 bits per heavy atom. The summed E-state index contributed by atoms with van der Waals surface area (Å²) in [5, 5.41) is 20.4. The van der Waals surface area contributed by atoms with Gasteiger partial charge in [0.05, 0.1) is 19.5 Å². The molecule has 0 fully saturated rings. The normalized spacial score (nSPS) is 35.4. The predicted octanol–water partition coefficient (Wildman–Crippen LogP) is 2.70. The standard InChI is InChI=1S/C21H32O6/c1-7-18-15(4)9-13(2)8-14(3)10-17(26-6)11-21(25,12-22)19(23)16(5)20(24)27-18/h9-10,14,16,18,22,25H,2,7-8,11-12H2,1,3-6H3/b15-9+,17-10+/t14-,16-,18-,21-/m0/s1. The number of cyclic esters (lactones) is 1. The number of allylic oxidation sites excluding steroid dienone is 3. The Bertz CT molecular complexity index is 633. The van der Waals surface area contributed by atoms with Crippen LogP contribution in [0.5, 0.6) is 0 Å². The average molecular weight is 380 g/mol. The number of hydrogen-bond acceptors (Lipinski definition) is 6. The molecule has 0 unspecified atom stereocenters. The monoisotopic (exact) mass is 380 g/mol. The van der Waals surface area contributed by atoms with E-state index in [4.69, 9.17) is 9.47 Å². The lowest BCUT2D eigenvalue weighted by molar-refractivity contribution is -0.162. The van der Waals surface area contributed by atoms with Gasteiger partial charge < -0.3 is 19.7 Å². The van der Waals surface area contributed by atoms with E-state index in [9.17, 15) is 19.8 Å². The minimum Gasteiger partial charge on any atom is -0.501 e. The molecule has 0 aromatic rings. The zero-order chi connectivity index (χ0) is 20.8. The van der Waals surface area contributed by atoms with E-state index < -0.39 is 36.0 Å². The van der Waals surface area contributed by atoms with Crippen LogP contribution >= 0.6 is 0 Å². The number of aliphatic hydroxyl groups excluding tert-OH is 1. The summed E-state index contributed by atoms with van der Waals surface area (Å²) in [5.41, 5.74) is -0.402. The van der Waals surface area contributed by atoms with Crippen molar-refractivity contribution in [3.05, 3.63) is 35.6 Å². The van der Waals surface area contributed by atoms with Crippen LogP contribution in [-0.4, -0.2) is 47.4 Å². The number of methoxy groups -OCH3 is 1. The third kappa shape index (κ3) is 6.04. The average Bonchev–Trinajstić information content (AvgIpc) is 2.62. The summed E-state index contributed by atoms with van der Waals surface area (Å²) < 4.78 is 10.8. The van der Waals surface area contributed by atoms with Crippen molar-refractivity contribution >= 4 is 11.8 Å². The van der Waals surface area contributed by atoms with Gasteiger partial charge in [0, 0.05) is 6.42 Å². The Labute approximate surface area is 161 Å². The summed E-state index contributed by atoms with van der Waals surface area (Å²) in [5.74, 6) is -2.33. The Balaban J connectivity index is 3.38. The second kappa shape index (κ2) is 9.85. The number of rotatable bonds is 3. The molecule has 0 amide bonds. The molecule has 2 N–H and O–H groups in total. The third-order valence-electron chi connectivity index (χ3n) is 4.82. The molecule has 0 spiro atoms. The number of carbonyl (C=O) groups is 2. The van der Waals surface area contributed by atoms with Gasteiger partial charge in [-0.05, 0) is 44.3 Å². The van der Waals surface area contributed by atoms with Crippen LogP contribution in [0.1, 0.15) is 47.0 Å². The number of esters is 1. The molecule has 0 aromatic carbocycles. The van der Waals surface area contributed by atoms with Crippen molar-refractivity contribution in [1.29, 1.82) is 0 Å². The van der Waals surface area contributed by atoms with E-state index in [0.717, 1.165) is 11.1 Å². The second-order valence-electron chi connectivity index (χ2n) is 7.35. The summed E-state index contributed by atoms with van der Waals surface area (Å²) in [7, 11) is 1.44. The third-order valence-corrected chi connectivity index (χ3v) is 4.82. The molecule has 4 atom stereocenters. The predicted molar refractivity (Wildman–Crippen MR) is 103 cm³/mol. The molecule has 0 radical (unpaired) electrons. The lowest BCUT2D eigenvalue weighted by Gasteiger charge is -2.29. The molecule has 152 valence electrons. The van der Waals surface area contributed by atoms with E-state index in [-0.39, 0.29) is 12.3 Å². The SMILES string of the molecule is C=C1/C=C(\C)[C@H](CC)OC(=O)[C@@H](C)C(=O)[C@@](O)(CO)C/C(OC)=C\[C@@H](C)C1. The van der Waals surface area contributed by atoms with Crippen molar-refractivity contribution in [1.82, 2.24) is 0 Å². The van der Waals surface area contributed by atoms with Crippen molar-refractivity contribution in [3.63, 3.8) is 0 Å². The molecule has 1 aliphatic heterocycles. The van der Waals surface area contributed by atoms with Gasteiger partial charge in [0.2, 0.25) is 0 Å². The smallest absolute Gasteiger partial charge is 0.316 e. The van der Waals surface area contributed by atoms with Crippen molar-refractivity contribution in [2.75, 3.05) is 13.7 Å². The van der Waals surface area contributed by atoms with Crippen LogP contribution in [0.4, 0.5) is 0 Å². The summed E-state index contributed by atoms with van der Waals surface area (Å²) in [4.78, 5) is 25.2. The van der Waals surface area contributed by atoms with Crippen molar-refractivity contribution in [2.45, 2.75) is 58.7 Å². The molecule has 0 saturated carbocycles. The molecule has 1 aliphatic rings. The molecule has 0 aromatic heterocycles. The van der Waals surface area contributed by atoms with Crippen LogP contribution < -0.4 is 0 Å². The number of ketones is 1. The van der Waals surface area contributed by atoms with Crippen LogP contribution in [0.3, 0.4) is 0 Å². The Morgan fingerprint density at radius 2 is 2.00 bits per heavy atom. The summed E-state index contributed by atoms with van der Waals surface area (Å²) in [6.07, 6.45) is 4.19. The maximum absolute atomic E-state index is 12.7. The number of Topliss-reactive ketones (excluding diaryl/α,β-unsaturated/α-hetero) is 1. The van der Waals surface area contributed by atoms with Gasteiger partial charge in [-0.3, -0.25) is 9.59 Å². The maximum Gasteiger partial charge on any atom is 0.316 e. The van der Waals surface area contributed by atoms with Gasteiger partial charge in [-0.2, -0.15) is 0 Å². The topological polar surface area (TPSA) is 93.1 Å². The molecular formula is C21H32O6. The van der Waals surface area contributed by atoms with Crippen LogP contribution in [0.2, 0.25) is 0 Å². The van der Waals surface area contributed by atoms with Crippen LogP contribution in [0.25, 0.3) is 0 Å². The summed E-state index contributed by atoms with van der Waals surface area (Å²) in [6, 6.07) is 0. The van der Waals surface area contributed by atoms with E-state index >= 15 is 0 Å². The Morgan fingerprint density at radius 3 is 2.52 bits per heavy atom. The number of aliphatic hydroxyl groups is 2. The fourth-order valence-electron chi connectivity index (χ4n) is 3.22. The minimum absolute atomic E-state index is 0.0394. The number of carbonyl (C=O) groups excluding carboxylic acids is 2. The fourth-order valence-corrected chi connectivity index (χ4v) is 3.22. The fraction of sp³-hybridized carbons (Fsp3) is 0.619.